The molecule has 2 rings (SSSR count). The number of benzene rings is 1. The average Bonchev–Trinajstić information content (AvgIpc) is 1.97. The van der Waals surface area contributed by atoms with Gasteiger partial charge in [0.2, 0.25) is 0 Å². The molecule has 0 spiro atoms. The molecule has 1 aromatic rings. The van der Waals surface area contributed by atoms with E-state index in [1.54, 1.807) is 0 Å². The number of halogens is 1. The van der Waals surface area contributed by atoms with E-state index in [1.807, 2.05) is 11.8 Å². The van der Waals surface area contributed by atoms with Crippen LogP contribution >= 0.6 is 34.4 Å². The van der Waals surface area contributed by atoms with Gasteiger partial charge in [-0.05, 0) is 40.8 Å². The van der Waals surface area contributed by atoms with Gasteiger partial charge in [-0.2, -0.15) is 11.8 Å². The highest BCUT2D eigenvalue weighted by molar-refractivity contribution is 14.1. The predicted octanol–water partition coefficient (Wildman–Crippen LogP) is 2.82. The molecule has 3 heteroatoms. The van der Waals surface area contributed by atoms with Crippen LogP contribution in [-0.4, -0.2) is 17.5 Å². The highest BCUT2D eigenvalue weighted by atomic mass is 127. The van der Waals surface area contributed by atoms with Gasteiger partial charge < -0.3 is 5.32 Å². The predicted molar refractivity (Wildman–Crippen MR) is 63.9 cm³/mol. The maximum absolute atomic E-state index is 3.49. The summed E-state index contributed by atoms with van der Waals surface area (Å²) in [5.74, 6) is 2.51. The molecule has 0 aromatic heterocycles. The highest BCUT2D eigenvalue weighted by Crippen LogP contribution is 2.22. The summed E-state index contributed by atoms with van der Waals surface area (Å²) in [4.78, 5) is 0. The van der Waals surface area contributed by atoms with Gasteiger partial charge in [0.15, 0.2) is 0 Å². The van der Waals surface area contributed by atoms with Crippen LogP contribution in [0.15, 0.2) is 24.3 Å². The smallest absolute Gasteiger partial charge is 0.0442 e. The summed E-state index contributed by atoms with van der Waals surface area (Å²) in [6.07, 6.45) is 0. The topological polar surface area (TPSA) is 12.0 Å². The number of rotatable bonds is 2. The number of nitrogens with one attached hydrogen (secondary N) is 1. The van der Waals surface area contributed by atoms with Crippen LogP contribution in [0.25, 0.3) is 0 Å². The second-order valence-corrected chi connectivity index (χ2v) is 5.21. The second kappa shape index (κ2) is 3.87. The van der Waals surface area contributed by atoms with E-state index in [0.717, 1.165) is 0 Å². The first-order valence-electron chi connectivity index (χ1n) is 3.94. The molecular formula is C9H10INS. The third-order valence-corrected chi connectivity index (χ3v) is 3.78. The number of hydrogen-bond acceptors (Lipinski definition) is 2. The fourth-order valence-corrected chi connectivity index (χ4v) is 2.31. The molecule has 1 fully saturated rings. The molecule has 0 saturated carbocycles. The summed E-state index contributed by atoms with van der Waals surface area (Å²) in [6.45, 7) is 0. The Morgan fingerprint density at radius 3 is 2.83 bits per heavy atom. The molecule has 0 radical (unpaired) electrons. The molecule has 64 valence electrons. The van der Waals surface area contributed by atoms with Gasteiger partial charge >= 0.3 is 0 Å². The van der Waals surface area contributed by atoms with Gasteiger partial charge in [0.1, 0.15) is 0 Å². The summed E-state index contributed by atoms with van der Waals surface area (Å²) in [5.41, 5.74) is 1.26. The zero-order valence-corrected chi connectivity index (χ0v) is 9.56. The third kappa shape index (κ3) is 2.07. The quantitative estimate of drug-likeness (QED) is 0.841. The van der Waals surface area contributed by atoms with E-state index in [4.69, 9.17) is 0 Å². The number of anilines is 1. The lowest BCUT2D eigenvalue weighted by atomic mass is 10.3. The molecule has 1 nitrogen and oxygen atoms in total. The van der Waals surface area contributed by atoms with E-state index >= 15 is 0 Å². The Hall–Kier alpha value is 0.1000. The molecule has 1 aromatic carbocycles. The van der Waals surface area contributed by atoms with Gasteiger partial charge in [-0.1, -0.05) is 6.07 Å². The van der Waals surface area contributed by atoms with Gasteiger partial charge in [-0.25, -0.2) is 0 Å². The SMILES string of the molecule is Ic1cccc(NC2CSC2)c1. The van der Waals surface area contributed by atoms with E-state index in [1.165, 1.54) is 20.8 Å². The van der Waals surface area contributed by atoms with E-state index in [2.05, 4.69) is 52.2 Å². The molecule has 1 saturated heterocycles. The van der Waals surface area contributed by atoms with Crippen molar-refractivity contribution in [1.29, 1.82) is 0 Å². The largest absolute Gasteiger partial charge is 0.381 e. The van der Waals surface area contributed by atoms with Gasteiger partial charge in [0, 0.05) is 26.8 Å². The minimum absolute atomic E-state index is 0.702. The van der Waals surface area contributed by atoms with Gasteiger partial charge in [0.05, 0.1) is 0 Å². The molecule has 12 heavy (non-hydrogen) atoms. The molecular weight excluding hydrogens is 281 g/mol. The van der Waals surface area contributed by atoms with Crippen LogP contribution in [0.3, 0.4) is 0 Å². The van der Waals surface area contributed by atoms with Crippen LogP contribution < -0.4 is 5.32 Å². The molecule has 0 unspecified atom stereocenters. The number of thioether (sulfide) groups is 1. The van der Waals surface area contributed by atoms with Crippen molar-refractivity contribution in [2.45, 2.75) is 6.04 Å². The van der Waals surface area contributed by atoms with Crippen molar-refractivity contribution in [3.05, 3.63) is 27.8 Å². The van der Waals surface area contributed by atoms with Gasteiger partial charge in [-0.15, -0.1) is 0 Å². The first-order chi connectivity index (χ1) is 5.84. The molecule has 0 aliphatic carbocycles. The maximum Gasteiger partial charge on any atom is 0.0442 e. The second-order valence-electron chi connectivity index (χ2n) is 2.89. The molecule has 0 amide bonds. The van der Waals surface area contributed by atoms with Gasteiger partial charge in [0.25, 0.3) is 0 Å². The Labute approximate surface area is 90.5 Å². The fraction of sp³-hybridized carbons (Fsp3) is 0.333. The molecule has 1 N–H and O–H groups in total. The summed E-state index contributed by atoms with van der Waals surface area (Å²) >= 11 is 4.34. The first-order valence-corrected chi connectivity index (χ1v) is 6.18. The molecule has 0 atom stereocenters. The van der Waals surface area contributed by atoms with Crippen molar-refractivity contribution in [3.63, 3.8) is 0 Å². The molecule has 1 aliphatic rings. The zero-order chi connectivity index (χ0) is 8.39. The van der Waals surface area contributed by atoms with E-state index in [-0.39, 0.29) is 0 Å². The zero-order valence-electron chi connectivity index (χ0n) is 6.59. The lowest BCUT2D eigenvalue weighted by molar-refractivity contribution is 0.882. The minimum atomic E-state index is 0.702. The molecule has 1 aliphatic heterocycles. The van der Waals surface area contributed by atoms with Crippen LogP contribution in [0.2, 0.25) is 0 Å². The number of hydrogen-bond donors (Lipinski definition) is 1. The van der Waals surface area contributed by atoms with Crippen LogP contribution in [0, 0.1) is 3.57 Å². The fourth-order valence-electron chi connectivity index (χ4n) is 1.13. The minimum Gasteiger partial charge on any atom is -0.381 e. The van der Waals surface area contributed by atoms with E-state index in [0.29, 0.717) is 6.04 Å². The Bertz CT molecular complexity index is 273. The lowest BCUT2D eigenvalue weighted by Gasteiger charge is -2.26. The third-order valence-electron chi connectivity index (χ3n) is 1.83. The average molecular weight is 291 g/mol. The standard InChI is InChI=1S/C9H10INS/c10-7-2-1-3-8(4-7)11-9-5-12-6-9/h1-4,9,11H,5-6H2. The molecule has 1 heterocycles. The Morgan fingerprint density at radius 1 is 1.42 bits per heavy atom. The molecule has 0 bridgehead atoms. The van der Waals surface area contributed by atoms with Gasteiger partial charge in [-0.3, -0.25) is 0 Å². The highest BCUT2D eigenvalue weighted by Gasteiger charge is 2.17. The van der Waals surface area contributed by atoms with Crippen molar-refractivity contribution in [2.24, 2.45) is 0 Å². The summed E-state index contributed by atoms with van der Waals surface area (Å²) in [7, 11) is 0. The maximum atomic E-state index is 3.49. The summed E-state index contributed by atoms with van der Waals surface area (Å²) < 4.78 is 1.30. The Kier molecular flexibility index (Phi) is 2.80. The van der Waals surface area contributed by atoms with Crippen molar-refractivity contribution in [2.75, 3.05) is 16.8 Å². The van der Waals surface area contributed by atoms with Crippen molar-refractivity contribution in [1.82, 2.24) is 0 Å². The lowest BCUT2D eigenvalue weighted by Crippen LogP contribution is -2.33. The van der Waals surface area contributed by atoms with Crippen molar-refractivity contribution in [3.8, 4) is 0 Å². The Morgan fingerprint density at radius 2 is 2.25 bits per heavy atom. The van der Waals surface area contributed by atoms with E-state index in [9.17, 15) is 0 Å². The van der Waals surface area contributed by atoms with Crippen LogP contribution in [-0.2, 0) is 0 Å². The normalized spacial score (nSPS) is 17.1. The van der Waals surface area contributed by atoms with Crippen LogP contribution in [0.1, 0.15) is 0 Å². The summed E-state index contributed by atoms with van der Waals surface area (Å²) in [5, 5.41) is 3.49. The Balaban J connectivity index is 2.02. The first kappa shape index (κ1) is 8.69. The summed E-state index contributed by atoms with van der Waals surface area (Å²) in [6, 6.07) is 9.22. The van der Waals surface area contributed by atoms with Crippen LogP contribution in [0.5, 0.6) is 0 Å². The van der Waals surface area contributed by atoms with Crippen molar-refractivity contribution >= 4 is 40.0 Å². The monoisotopic (exact) mass is 291 g/mol. The van der Waals surface area contributed by atoms with Crippen LogP contribution in [0.4, 0.5) is 5.69 Å². The van der Waals surface area contributed by atoms with Crippen molar-refractivity contribution < 1.29 is 0 Å². The van der Waals surface area contributed by atoms with E-state index < -0.39 is 0 Å².